The summed E-state index contributed by atoms with van der Waals surface area (Å²) in [5.41, 5.74) is 6.00. The molecule has 8 heteroatoms. The Morgan fingerprint density at radius 1 is 0.778 bits per heavy atom. The van der Waals surface area contributed by atoms with Gasteiger partial charge in [-0.1, -0.05) is 145 Å². The van der Waals surface area contributed by atoms with E-state index in [1.165, 1.54) is 84.0 Å². The molecule has 0 saturated carbocycles. The molecule has 0 bridgehead atoms. The molecule has 1 aliphatic heterocycles. The number of carbonyl (C=O) groups excluding carboxylic acids is 2. The van der Waals surface area contributed by atoms with Gasteiger partial charge in [0.1, 0.15) is 0 Å². The minimum atomic E-state index is -0.842. The monoisotopic (exact) mass is 742 g/mol. The standard InChI is InChI=1S/C46H66N2O6/c1-5-7-9-11-13-15-28-48(29-16-14-12-10-8-6-2)33-43-31-44(40-22-20-37(34-49)21-23-40)54-46(53-43)41-26-24-39(25-27-41)42-19-17-18-38(30-42)32-47-45(51)35(3)52-36(4)50/h17-27,30,35,43-44,46,49H,5-16,28-29,31-34H2,1-4H3,(H,47,51)/t35-,43-,44+,46+/m0/s1. The molecule has 0 aliphatic carbocycles. The van der Waals surface area contributed by atoms with Crippen LogP contribution in [0.25, 0.3) is 11.1 Å². The number of carbonyl (C=O) groups is 2. The van der Waals surface area contributed by atoms with Gasteiger partial charge >= 0.3 is 5.97 Å². The molecule has 3 aromatic carbocycles. The summed E-state index contributed by atoms with van der Waals surface area (Å²) in [4.78, 5) is 26.3. The van der Waals surface area contributed by atoms with Crippen molar-refractivity contribution in [2.45, 2.75) is 149 Å². The number of nitrogens with zero attached hydrogens (tertiary/aromatic N) is 1. The lowest BCUT2D eigenvalue weighted by Gasteiger charge is -2.38. The van der Waals surface area contributed by atoms with Gasteiger partial charge in [-0.15, -0.1) is 0 Å². The number of rotatable bonds is 24. The summed E-state index contributed by atoms with van der Waals surface area (Å²) in [6.07, 6.45) is 14.8. The van der Waals surface area contributed by atoms with Crippen LogP contribution in [0.2, 0.25) is 0 Å². The first-order chi connectivity index (χ1) is 26.3. The largest absolute Gasteiger partial charge is 0.453 e. The van der Waals surface area contributed by atoms with Crippen molar-refractivity contribution in [3.63, 3.8) is 0 Å². The van der Waals surface area contributed by atoms with E-state index in [1.807, 2.05) is 24.3 Å². The van der Waals surface area contributed by atoms with Crippen molar-refractivity contribution in [2.75, 3.05) is 19.6 Å². The molecular weight excluding hydrogens is 677 g/mol. The summed E-state index contributed by atoms with van der Waals surface area (Å²) < 4.78 is 18.5. The Bertz CT molecular complexity index is 1490. The van der Waals surface area contributed by atoms with Crippen LogP contribution in [0.15, 0.2) is 72.8 Å². The quantitative estimate of drug-likeness (QED) is 0.0697. The normalized spacial score (nSPS) is 17.7. The molecule has 4 rings (SSSR count). The van der Waals surface area contributed by atoms with E-state index in [4.69, 9.17) is 14.2 Å². The van der Waals surface area contributed by atoms with Gasteiger partial charge in [0, 0.05) is 32.0 Å². The van der Waals surface area contributed by atoms with Gasteiger partial charge in [-0.3, -0.25) is 9.59 Å². The van der Waals surface area contributed by atoms with Crippen LogP contribution in [0.3, 0.4) is 0 Å². The maximum absolute atomic E-state index is 12.4. The summed E-state index contributed by atoms with van der Waals surface area (Å²) in [7, 11) is 0. The van der Waals surface area contributed by atoms with Crippen molar-refractivity contribution < 1.29 is 28.9 Å². The molecule has 1 fully saturated rings. The molecule has 1 amide bonds. The first-order valence-electron chi connectivity index (χ1n) is 20.7. The van der Waals surface area contributed by atoms with Crippen LogP contribution in [0.1, 0.15) is 146 Å². The molecule has 4 atom stereocenters. The molecule has 2 N–H and O–H groups in total. The smallest absolute Gasteiger partial charge is 0.303 e. The second kappa shape index (κ2) is 24.1. The van der Waals surface area contributed by atoms with Crippen molar-refractivity contribution in [1.29, 1.82) is 0 Å². The van der Waals surface area contributed by atoms with Gasteiger partial charge in [0.25, 0.3) is 5.91 Å². The third-order valence-electron chi connectivity index (χ3n) is 10.4. The van der Waals surface area contributed by atoms with E-state index in [0.29, 0.717) is 6.54 Å². The maximum atomic E-state index is 12.4. The van der Waals surface area contributed by atoms with Crippen molar-refractivity contribution in [3.05, 3.63) is 95.1 Å². The molecule has 54 heavy (non-hydrogen) atoms. The molecule has 1 saturated heterocycles. The molecule has 1 heterocycles. The van der Waals surface area contributed by atoms with Crippen LogP contribution in [0, 0.1) is 0 Å². The van der Waals surface area contributed by atoms with Gasteiger partial charge in [-0.25, -0.2) is 0 Å². The Morgan fingerprint density at radius 2 is 1.39 bits per heavy atom. The Kier molecular flexibility index (Phi) is 19.2. The summed E-state index contributed by atoms with van der Waals surface area (Å²) in [6.45, 7) is 10.8. The Labute approximate surface area is 325 Å². The van der Waals surface area contributed by atoms with Gasteiger partial charge in [0.05, 0.1) is 18.8 Å². The minimum absolute atomic E-state index is 0.0154. The molecule has 1 aliphatic rings. The fourth-order valence-corrected chi connectivity index (χ4v) is 7.18. The fraction of sp³-hybridized carbons (Fsp3) is 0.565. The molecule has 0 unspecified atom stereocenters. The SMILES string of the molecule is CCCCCCCCN(CCCCCCCC)C[C@@H]1C[C@H](c2ccc(CO)cc2)O[C@H](c2ccc(-c3cccc(CNC(=O)[C@H](C)OC(C)=O)c3)cc2)O1. The van der Waals surface area contributed by atoms with Crippen molar-refractivity contribution >= 4 is 11.9 Å². The second-order valence-corrected chi connectivity index (χ2v) is 15.0. The van der Waals surface area contributed by atoms with E-state index in [0.717, 1.165) is 59.4 Å². The molecule has 0 aromatic heterocycles. The number of hydrogen-bond acceptors (Lipinski definition) is 7. The number of unbranched alkanes of at least 4 members (excludes halogenated alkanes) is 10. The van der Waals surface area contributed by atoms with Gasteiger partial charge in [0.15, 0.2) is 12.4 Å². The second-order valence-electron chi connectivity index (χ2n) is 15.0. The first kappa shape index (κ1) is 43.2. The Hall–Kier alpha value is -3.56. The highest BCUT2D eigenvalue weighted by atomic mass is 16.7. The average Bonchev–Trinajstić information content (AvgIpc) is 3.19. The number of esters is 1. The molecular formula is C46H66N2O6. The highest BCUT2D eigenvalue weighted by Gasteiger charge is 2.33. The van der Waals surface area contributed by atoms with Gasteiger partial charge in [-0.05, 0) is 66.7 Å². The van der Waals surface area contributed by atoms with Crippen molar-refractivity contribution in [1.82, 2.24) is 10.2 Å². The number of aliphatic hydroxyl groups excluding tert-OH is 1. The number of nitrogens with one attached hydrogen (secondary N) is 1. The van der Waals surface area contributed by atoms with Crippen LogP contribution in [-0.4, -0.2) is 53.7 Å². The van der Waals surface area contributed by atoms with Gasteiger partial charge in [0.2, 0.25) is 0 Å². The van der Waals surface area contributed by atoms with Crippen LogP contribution in [0.5, 0.6) is 0 Å². The summed E-state index contributed by atoms with van der Waals surface area (Å²) in [6, 6.07) is 24.6. The zero-order valence-corrected chi connectivity index (χ0v) is 33.4. The van der Waals surface area contributed by atoms with E-state index >= 15 is 0 Å². The van der Waals surface area contributed by atoms with Crippen molar-refractivity contribution in [2.24, 2.45) is 0 Å². The van der Waals surface area contributed by atoms with Gasteiger partial charge < -0.3 is 29.5 Å². The lowest BCUT2D eigenvalue weighted by atomic mass is 9.98. The molecule has 3 aromatic rings. The van der Waals surface area contributed by atoms with Crippen LogP contribution < -0.4 is 5.32 Å². The number of hydrogen-bond donors (Lipinski definition) is 2. The summed E-state index contributed by atoms with van der Waals surface area (Å²) in [5, 5.41) is 12.5. The van der Waals surface area contributed by atoms with E-state index in [-0.39, 0.29) is 24.7 Å². The minimum Gasteiger partial charge on any atom is -0.453 e. The van der Waals surface area contributed by atoms with E-state index in [1.54, 1.807) is 6.92 Å². The average molecular weight is 743 g/mol. The lowest BCUT2D eigenvalue weighted by molar-refractivity contribution is -0.253. The van der Waals surface area contributed by atoms with E-state index < -0.39 is 18.4 Å². The van der Waals surface area contributed by atoms with E-state index in [9.17, 15) is 14.7 Å². The van der Waals surface area contributed by atoms with Crippen LogP contribution in [-0.2, 0) is 37.0 Å². The summed E-state index contributed by atoms with van der Waals surface area (Å²) >= 11 is 0. The third-order valence-corrected chi connectivity index (χ3v) is 10.4. The fourth-order valence-electron chi connectivity index (χ4n) is 7.18. The number of ether oxygens (including phenoxy) is 3. The van der Waals surface area contributed by atoms with Gasteiger partial charge in [-0.2, -0.15) is 0 Å². The molecule has 0 spiro atoms. The number of benzene rings is 3. The number of amides is 1. The maximum Gasteiger partial charge on any atom is 0.303 e. The topological polar surface area (TPSA) is 97.3 Å². The molecule has 8 nitrogen and oxygen atoms in total. The predicted molar refractivity (Wildman–Crippen MR) is 217 cm³/mol. The van der Waals surface area contributed by atoms with Crippen LogP contribution >= 0.6 is 0 Å². The molecule has 0 radical (unpaired) electrons. The highest BCUT2D eigenvalue weighted by molar-refractivity contribution is 5.82. The zero-order chi connectivity index (χ0) is 38.5. The first-order valence-corrected chi connectivity index (χ1v) is 20.7. The van der Waals surface area contributed by atoms with Crippen LogP contribution in [0.4, 0.5) is 0 Å². The zero-order valence-electron chi connectivity index (χ0n) is 33.4. The Balaban J connectivity index is 1.46. The lowest BCUT2D eigenvalue weighted by Crippen LogP contribution is -2.40. The molecule has 296 valence electrons. The van der Waals surface area contributed by atoms with Crippen molar-refractivity contribution in [3.8, 4) is 11.1 Å². The predicted octanol–water partition coefficient (Wildman–Crippen LogP) is 9.98. The third kappa shape index (κ3) is 14.9. The number of aliphatic hydroxyl groups is 1. The van der Waals surface area contributed by atoms with E-state index in [2.05, 4.69) is 72.6 Å². The summed E-state index contributed by atoms with van der Waals surface area (Å²) in [5.74, 6) is -0.815. The highest BCUT2D eigenvalue weighted by Crippen LogP contribution is 2.39. The Morgan fingerprint density at radius 3 is 2.00 bits per heavy atom.